The van der Waals surface area contributed by atoms with E-state index in [-0.39, 0.29) is 0 Å². The zero-order chi connectivity index (χ0) is 23.7. The minimum absolute atomic E-state index is 0.336. The van der Waals surface area contributed by atoms with Crippen LogP contribution in [0.5, 0.6) is 11.5 Å². The Bertz CT molecular complexity index is 1070. The minimum atomic E-state index is -3.72. The highest BCUT2D eigenvalue weighted by Gasteiger charge is 2.22. The van der Waals surface area contributed by atoms with E-state index in [1.54, 1.807) is 37.3 Å². The van der Waals surface area contributed by atoms with E-state index in [9.17, 15) is 13.2 Å². The lowest BCUT2D eigenvalue weighted by molar-refractivity contribution is -0.119. The molecule has 0 saturated heterocycles. The number of hydrazone groups is 1. The van der Waals surface area contributed by atoms with Gasteiger partial charge < -0.3 is 9.47 Å². The van der Waals surface area contributed by atoms with Crippen molar-refractivity contribution >= 4 is 39.4 Å². The van der Waals surface area contributed by atoms with E-state index in [2.05, 4.69) is 10.5 Å². The van der Waals surface area contributed by atoms with E-state index in [1.165, 1.54) is 12.3 Å². The number of carbonyl (C=O) groups is 1. The van der Waals surface area contributed by atoms with Crippen molar-refractivity contribution in [2.75, 3.05) is 30.3 Å². The van der Waals surface area contributed by atoms with Gasteiger partial charge in [0.15, 0.2) is 11.5 Å². The number of benzene rings is 2. The van der Waals surface area contributed by atoms with Gasteiger partial charge in [0.1, 0.15) is 6.54 Å². The van der Waals surface area contributed by atoms with Crippen molar-refractivity contribution in [1.29, 1.82) is 0 Å². The fourth-order valence-corrected chi connectivity index (χ4v) is 3.85. The first kappa shape index (κ1) is 25.5. The van der Waals surface area contributed by atoms with Gasteiger partial charge in [-0.1, -0.05) is 24.6 Å². The van der Waals surface area contributed by atoms with Gasteiger partial charge in [0.05, 0.1) is 31.4 Å². The summed E-state index contributed by atoms with van der Waals surface area (Å²) in [6.45, 7) is 6.24. The molecule has 8 nitrogen and oxygen atoms in total. The van der Waals surface area contributed by atoms with E-state index in [4.69, 9.17) is 21.1 Å². The SMILES string of the molecule is CCCOc1ccc(/C=N\NC(=O)CN(c2cc(Cl)ccc2C)S(C)(=O)=O)cc1OCC. The standard InChI is InChI=1S/C22H28ClN3O5S/c1-5-11-31-20-10-8-17(12-21(20)30-6-2)14-24-25-22(27)15-26(32(4,28)29)19-13-18(23)9-7-16(19)3/h7-10,12-14H,5-6,11,15H2,1-4H3,(H,25,27)/b24-14-. The Labute approximate surface area is 194 Å². The Morgan fingerprint density at radius 1 is 1.16 bits per heavy atom. The second-order valence-corrected chi connectivity index (χ2v) is 9.32. The predicted molar refractivity (Wildman–Crippen MR) is 128 cm³/mol. The number of hydrogen-bond donors (Lipinski definition) is 1. The van der Waals surface area contributed by atoms with Crippen LogP contribution in [0, 0.1) is 6.92 Å². The maximum absolute atomic E-state index is 12.4. The van der Waals surface area contributed by atoms with Crippen molar-refractivity contribution in [3.8, 4) is 11.5 Å². The summed E-state index contributed by atoms with van der Waals surface area (Å²) in [6.07, 6.45) is 3.35. The highest BCUT2D eigenvalue weighted by Crippen LogP contribution is 2.28. The summed E-state index contributed by atoms with van der Waals surface area (Å²) in [6, 6.07) is 10.2. The van der Waals surface area contributed by atoms with Crippen LogP contribution in [-0.4, -0.2) is 46.6 Å². The summed E-state index contributed by atoms with van der Waals surface area (Å²) in [5, 5.41) is 4.30. The van der Waals surface area contributed by atoms with Crippen LogP contribution in [0.15, 0.2) is 41.5 Å². The Kier molecular flexibility index (Phi) is 9.34. The molecule has 0 aliphatic heterocycles. The molecule has 0 bridgehead atoms. The van der Waals surface area contributed by atoms with Gasteiger partial charge in [-0.25, -0.2) is 13.8 Å². The fourth-order valence-electron chi connectivity index (χ4n) is 2.78. The molecule has 0 unspecified atom stereocenters. The van der Waals surface area contributed by atoms with Crippen molar-refractivity contribution in [2.45, 2.75) is 27.2 Å². The highest BCUT2D eigenvalue weighted by atomic mass is 35.5. The Hall–Kier alpha value is -2.78. The summed E-state index contributed by atoms with van der Waals surface area (Å²) in [5.74, 6) is 0.616. The number of anilines is 1. The molecule has 174 valence electrons. The smallest absolute Gasteiger partial charge is 0.260 e. The van der Waals surface area contributed by atoms with Crippen LogP contribution in [0.25, 0.3) is 0 Å². The van der Waals surface area contributed by atoms with Crippen LogP contribution in [0.3, 0.4) is 0 Å². The zero-order valence-corrected chi connectivity index (χ0v) is 20.2. The highest BCUT2D eigenvalue weighted by molar-refractivity contribution is 7.92. The Morgan fingerprint density at radius 2 is 1.91 bits per heavy atom. The van der Waals surface area contributed by atoms with Gasteiger partial charge >= 0.3 is 0 Å². The molecule has 0 fully saturated rings. The molecule has 0 heterocycles. The van der Waals surface area contributed by atoms with Gasteiger partial charge in [-0.3, -0.25) is 9.10 Å². The van der Waals surface area contributed by atoms with Crippen molar-refractivity contribution in [2.24, 2.45) is 5.10 Å². The van der Waals surface area contributed by atoms with Crippen molar-refractivity contribution in [3.05, 3.63) is 52.5 Å². The minimum Gasteiger partial charge on any atom is -0.490 e. The van der Waals surface area contributed by atoms with Gasteiger partial charge in [-0.05, 0) is 61.7 Å². The lowest BCUT2D eigenvalue weighted by atomic mass is 10.2. The van der Waals surface area contributed by atoms with Gasteiger partial charge in [0.2, 0.25) is 10.0 Å². The second-order valence-electron chi connectivity index (χ2n) is 6.98. The fraction of sp³-hybridized carbons (Fsp3) is 0.364. The second kappa shape index (κ2) is 11.7. The number of rotatable bonds is 11. The third-order valence-corrected chi connectivity index (χ3v) is 5.62. The first-order chi connectivity index (χ1) is 15.2. The molecule has 0 aliphatic rings. The molecule has 0 aliphatic carbocycles. The Morgan fingerprint density at radius 3 is 2.56 bits per heavy atom. The molecule has 10 heteroatoms. The maximum atomic E-state index is 12.4. The van der Waals surface area contributed by atoms with Crippen molar-refractivity contribution < 1.29 is 22.7 Å². The van der Waals surface area contributed by atoms with Crippen LogP contribution in [0.4, 0.5) is 5.69 Å². The van der Waals surface area contributed by atoms with E-state index in [0.29, 0.717) is 46.5 Å². The number of nitrogens with one attached hydrogen (secondary N) is 1. The predicted octanol–water partition coefficient (Wildman–Crippen LogP) is 3.75. The van der Waals surface area contributed by atoms with Gasteiger partial charge in [-0.2, -0.15) is 5.10 Å². The van der Waals surface area contributed by atoms with Crippen LogP contribution in [-0.2, 0) is 14.8 Å². The molecule has 2 aromatic carbocycles. The first-order valence-electron chi connectivity index (χ1n) is 10.1. The molecule has 2 aromatic rings. The lowest BCUT2D eigenvalue weighted by Gasteiger charge is -2.23. The van der Waals surface area contributed by atoms with Gasteiger partial charge in [0.25, 0.3) is 5.91 Å². The van der Waals surface area contributed by atoms with E-state index < -0.39 is 22.5 Å². The van der Waals surface area contributed by atoms with Crippen molar-refractivity contribution in [1.82, 2.24) is 5.43 Å². The number of hydrogen-bond acceptors (Lipinski definition) is 6. The summed E-state index contributed by atoms with van der Waals surface area (Å²) < 4.78 is 36.8. The molecule has 0 spiro atoms. The lowest BCUT2D eigenvalue weighted by Crippen LogP contribution is -2.39. The van der Waals surface area contributed by atoms with Crippen LogP contribution >= 0.6 is 11.6 Å². The van der Waals surface area contributed by atoms with Crippen molar-refractivity contribution in [3.63, 3.8) is 0 Å². The molecule has 2 rings (SSSR count). The molecule has 0 radical (unpaired) electrons. The normalized spacial score (nSPS) is 11.4. The first-order valence-corrected chi connectivity index (χ1v) is 12.3. The average molecular weight is 482 g/mol. The third-order valence-electron chi connectivity index (χ3n) is 4.26. The van der Waals surface area contributed by atoms with Crippen LogP contribution in [0.2, 0.25) is 5.02 Å². The topological polar surface area (TPSA) is 97.3 Å². The summed E-state index contributed by atoms with van der Waals surface area (Å²) in [5.41, 5.74) is 4.05. The molecule has 32 heavy (non-hydrogen) atoms. The number of aryl methyl sites for hydroxylation is 1. The molecule has 0 saturated carbocycles. The summed E-state index contributed by atoms with van der Waals surface area (Å²) >= 11 is 6.01. The van der Waals surface area contributed by atoms with E-state index in [0.717, 1.165) is 17.0 Å². The van der Waals surface area contributed by atoms with Crippen LogP contribution < -0.4 is 19.2 Å². The molecular weight excluding hydrogens is 454 g/mol. The van der Waals surface area contributed by atoms with Gasteiger partial charge in [-0.15, -0.1) is 0 Å². The van der Waals surface area contributed by atoms with Crippen LogP contribution in [0.1, 0.15) is 31.4 Å². The number of carbonyl (C=O) groups excluding carboxylic acids is 1. The van der Waals surface area contributed by atoms with E-state index in [1.807, 2.05) is 13.8 Å². The molecule has 1 N–H and O–H groups in total. The average Bonchev–Trinajstić information content (AvgIpc) is 2.73. The monoisotopic (exact) mass is 481 g/mol. The number of sulfonamides is 1. The van der Waals surface area contributed by atoms with E-state index >= 15 is 0 Å². The molecular formula is C22H28ClN3O5S. The summed E-state index contributed by atoms with van der Waals surface area (Å²) in [4.78, 5) is 12.4. The molecule has 1 amide bonds. The number of nitrogens with zero attached hydrogens (tertiary/aromatic N) is 2. The quantitative estimate of drug-likeness (QED) is 0.389. The number of ether oxygens (including phenoxy) is 2. The van der Waals surface area contributed by atoms with Gasteiger partial charge in [0, 0.05) is 5.02 Å². The largest absolute Gasteiger partial charge is 0.490 e. The number of halogens is 1. The maximum Gasteiger partial charge on any atom is 0.260 e. The molecule has 0 aromatic heterocycles. The summed E-state index contributed by atoms with van der Waals surface area (Å²) in [7, 11) is -3.72. The molecule has 0 atom stereocenters. The Balaban J connectivity index is 2.11. The number of amides is 1. The third kappa shape index (κ3) is 7.42. The zero-order valence-electron chi connectivity index (χ0n) is 18.6.